The predicted molar refractivity (Wildman–Crippen MR) is 105 cm³/mol. The second-order valence-corrected chi connectivity index (χ2v) is 8.02. The summed E-state index contributed by atoms with van der Waals surface area (Å²) in [5.74, 6) is -0.999. The van der Waals surface area contributed by atoms with E-state index >= 15 is 0 Å². The van der Waals surface area contributed by atoms with E-state index in [1.165, 1.54) is 18.4 Å². The van der Waals surface area contributed by atoms with E-state index in [9.17, 15) is 14.4 Å². The Hall–Kier alpha value is -2.41. The minimum absolute atomic E-state index is 0.00203. The standard InChI is InChI=1S/C21H28N4O3/c26-19(22-18-6-7-18)21(28)25-12-10-24(11-13-25)20(27)17-5-3-4-16(14-17)15-23-8-1-2-9-23/h3-5,14,18H,1-2,6-13,15H2,(H,22,26). The maximum absolute atomic E-state index is 12.9. The van der Waals surface area contributed by atoms with E-state index in [4.69, 9.17) is 0 Å². The lowest BCUT2D eigenvalue weighted by molar-refractivity contribution is -0.146. The fourth-order valence-corrected chi connectivity index (χ4v) is 3.92. The maximum Gasteiger partial charge on any atom is 0.312 e. The molecular weight excluding hydrogens is 356 g/mol. The van der Waals surface area contributed by atoms with Gasteiger partial charge in [0.15, 0.2) is 0 Å². The van der Waals surface area contributed by atoms with Crippen LogP contribution in [0.5, 0.6) is 0 Å². The van der Waals surface area contributed by atoms with Gasteiger partial charge in [-0.2, -0.15) is 0 Å². The smallest absolute Gasteiger partial charge is 0.312 e. The lowest BCUT2D eigenvalue weighted by atomic mass is 10.1. The van der Waals surface area contributed by atoms with Crippen molar-refractivity contribution in [2.75, 3.05) is 39.3 Å². The molecule has 1 aromatic carbocycles. The molecule has 0 atom stereocenters. The Balaban J connectivity index is 1.31. The van der Waals surface area contributed by atoms with Crippen molar-refractivity contribution < 1.29 is 14.4 Å². The van der Waals surface area contributed by atoms with Gasteiger partial charge in [-0.25, -0.2) is 0 Å². The largest absolute Gasteiger partial charge is 0.345 e. The van der Waals surface area contributed by atoms with Gasteiger partial charge in [0.2, 0.25) is 0 Å². The second-order valence-electron chi connectivity index (χ2n) is 8.02. The summed E-state index contributed by atoms with van der Waals surface area (Å²) in [6.45, 7) is 4.85. The lowest BCUT2D eigenvalue weighted by Crippen LogP contribution is -2.54. The Morgan fingerprint density at radius 3 is 2.29 bits per heavy atom. The van der Waals surface area contributed by atoms with Crippen LogP contribution in [0, 0.1) is 0 Å². The van der Waals surface area contributed by atoms with Gasteiger partial charge in [-0.3, -0.25) is 19.3 Å². The quantitative estimate of drug-likeness (QED) is 0.781. The van der Waals surface area contributed by atoms with Gasteiger partial charge in [-0.15, -0.1) is 0 Å². The molecule has 2 aliphatic heterocycles. The summed E-state index contributed by atoms with van der Waals surface area (Å²) in [6, 6.07) is 8.04. The summed E-state index contributed by atoms with van der Waals surface area (Å²) >= 11 is 0. The predicted octanol–water partition coefficient (Wildman–Crippen LogP) is 0.845. The monoisotopic (exact) mass is 384 g/mol. The molecule has 150 valence electrons. The number of nitrogens with one attached hydrogen (secondary N) is 1. The Kier molecular flexibility index (Phi) is 5.62. The highest BCUT2D eigenvalue weighted by Gasteiger charge is 2.31. The molecule has 0 spiro atoms. The molecular formula is C21H28N4O3. The third-order valence-corrected chi connectivity index (χ3v) is 5.74. The van der Waals surface area contributed by atoms with Crippen LogP contribution in [0.2, 0.25) is 0 Å². The van der Waals surface area contributed by atoms with Crippen LogP contribution in [0.25, 0.3) is 0 Å². The van der Waals surface area contributed by atoms with E-state index in [-0.39, 0.29) is 11.9 Å². The minimum atomic E-state index is -0.517. The van der Waals surface area contributed by atoms with Crippen LogP contribution in [0.15, 0.2) is 24.3 Å². The van der Waals surface area contributed by atoms with E-state index < -0.39 is 11.8 Å². The van der Waals surface area contributed by atoms with Crippen LogP contribution < -0.4 is 5.32 Å². The summed E-state index contributed by atoms with van der Waals surface area (Å²) in [5.41, 5.74) is 1.86. The van der Waals surface area contributed by atoms with E-state index in [0.29, 0.717) is 31.7 Å². The molecule has 1 saturated carbocycles. The Bertz CT molecular complexity index is 748. The Labute approximate surface area is 165 Å². The van der Waals surface area contributed by atoms with Crippen molar-refractivity contribution >= 4 is 17.7 Å². The van der Waals surface area contributed by atoms with E-state index in [0.717, 1.165) is 32.5 Å². The van der Waals surface area contributed by atoms with Crippen molar-refractivity contribution in [2.24, 2.45) is 0 Å². The van der Waals surface area contributed by atoms with Gasteiger partial charge in [-0.1, -0.05) is 12.1 Å². The SMILES string of the molecule is O=C(NC1CC1)C(=O)N1CCN(C(=O)c2cccc(CN3CCCC3)c2)CC1. The van der Waals surface area contributed by atoms with Gasteiger partial charge in [0, 0.05) is 44.3 Å². The number of carbonyl (C=O) groups is 3. The van der Waals surface area contributed by atoms with Crippen molar-refractivity contribution in [2.45, 2.75) is 38.3 Å². The molecule has 28 heavy (non-hydrogen) atoms. The zero-order chi connectivity index (χ0) is 19.5. The van der Waals surface area contributed by atoms with Gasteiger partial charge in [0.25, 0.3) is 5.91 Å². The van der Waals surface area contributed by atoms with Crippen molar-refractivity contribution in [1.29, 1.82) is 0 Å². The van der Waals surface area contributed by atoms with Crippen molar-refractivity contribution in [1.82, 2.24) is 20.0 Å². The molecule has 1 aliphatic carbocycles. The molecule has 0 radical (unpaired) electrons. The Morgan fingerprint density at radius 1 is 0.929 bits per heavy atom. The first-order valence-corrected chi connectivity index (χ1v) is 10.3. The van der Waals surface area contributed by atoms with E-state index in [2.05, 4.69) is 16.3 Å². The highest BCUT2D eigenvalue weighted by Crippen LogP contribution is 2.19. The molecule has 1 aromatic rings. The van der Waals surface area contributed by atoms with E-state index in [1.54, 1.807) is 9.80 Å². The third-order valence-electron chi connectivity index (χ3n) is 5.74. The fraction of sp³-hybridized carbons (Fsp3) is 0.571. The minimum Gasteiger partial charge on any atom is -0.345 e. The molecule has 0 unspecified atom stereocenters. The van der Waals surface area contributed by atoms with Crippen molar-refractivity contribution in [3.05, 3.63) is 35.4 Å². The molecule has 7 heteroatoms. The number of hydrogen-bond acceptors (Lipinski definition) is 4. The Morgan fingerprint density at radius 2 is 1.61 bits per heavy atom. The second kappa shape index (κ2) is 8.31. The van der Waals surface area contributed by atoms with E-state index in [1.807, 2.05) is 18.2 Å². The van der Waals surface area contributed by atoms with Crippen LogP contribution in [0.4, 0.5) is 0 Å². The van der Waals surface area contributed by atoms with Gasteiger partial charge in [0.1, 0.15) is 0 Å². The molecule has 4 rings (SSSR count). The number of likely N-dealkylation sites (tertiary alicyclic amines) is 1. The van der Waals surface area contributed by atoms with Gasteiger partial charge in [0.05, 0.1) is 0 Å². The summed E-state index contributed by atoms with van der Waals surface area (Å²) in [6.07, 6.45) is 4.41. The topological polar surface area (TPSA) is 73.0 Å². The maximum atomic E-state index is 12.9. The van der Waals surface area contributed by atoms with Crippen LogP contribution in [0.1, 0.15) is 41.6 Å². The first kappa shape index (κ1) is 18.9. The molecule has 3 aliphatic rings. The van der Waals surface area contributed by atoms with Gasteiger partial charge >= 0.3 is 11.8 Å². The molecule has 3 fully saturated rings. The van der Waals surface area contributed by atoms with Crippen molar-refractivity contribution in [3.63, 3.8) is 0 Å². The molecule has 2 saturated heterocycles. The zero-order valence-corrected chi connectivity index (χ0v) is 16.2. The molecule has 3 amide bonds. The highest BCUT2D eigenvalue weighted by atomic mass is 16.2. The molecule has 1 N–H and O–H groups in total. The van der Waals surface area contributed by atoms with Crippen LogP contribution >= 0.6 is 0 Å². The number of amides is 3. The molecule has 2 heterocycles. The van der Waals surface area contributed by atoms with Gasteiger partial charge in [-0.05, 0) is 56.5 Å². The fourth-order valence-electron chi connectivity index (χ4n) is 3.92. The van der Waals surface area contributed by atoms with Crippen molar-refractivity contribution in [3.8, 4) is 0 Å². The number of benzene rings is 1. The lowest BCUT2D eigenvalue weighted by Gasteiger charge is -2.34. The average molecular weight is 384 g/mol. The van der Waals surface area contributed by atoms with Gasteiger partial charge < -0.3 is 15.1 Å². The third kappa shape index (κ3) is 4.52. The first-order valence-electron chi connectivity index (χ1n) is 10.3. The van der Waals surface area contributed by atoms with Crippen LogP contribution in [-0.4, -0.2) is 77.7 Å². The zero-order valence-electron chi connectivity index (χ0n) is 16.2. The number of piperazine rings is 1. The summed E-state index contributed by atoms with van der Waals surface area (Å²) in [4.78, 5) is 42.8. The number of hydrogen-bond donors (Lipinski definition) is 1. The average Bonchev–Trinajstić information content (AvgIpc) is 3.39. The molecule has 0 bridgehead atoms. The molecule has 0 aromatic heterocycles. The van der Waals surface area contributed by atoms with Crippen LogP contribution in [0.3, 0.4) is 0 Å². The number of rotatable bonds is 4. The number of carbonyl (C=O) groups excluding carboxylic acids is 3. The molecule has 7 nitrogen and oxygen atoms in total. The summed E-state index contributed by atoms with van der Waals surface area (Å²) in [5, 5.41) is 2.73. The highest BCUT2D eigenvalue weighted by molar-refractivity contribution is 6.35. The van der Waals surface area contributed by atoms with Crippen LogP contribution in [-0.2, 0) is 16.1 Å². The normalized spacial score (nSPS) is 20.3. The number of nitrogens with zero attached hydrogens (tertiary/aromatic N) is 3. The first-order chi connectivity index (χ1) is 13.6. The summed E-state index contributed by atoms with van der Waals surface area (Å²) < 4.78 is 0. The summed E-state index contributed by atoms with van der Waals surface area (Å²) in [7, 11) is 0.